The normalized spacial score (nSPS) is 12.6. The summed E-state index contributed by atoms with van der Waals surface area (Å²) in [5.41, 5.74) is 2.01. The van der Waals surface area contributed by atoms with Crippen molar-refractivity contribution in [2.45, 2.75) is 13.3 Å². The number of rotatable bonds is 4. The van der Waals surface area contributed by atoms with Crippen molar-refractivity contribution in [1.29, 1.82) is 0 Å². The molecule has 0 fully saturated rings. The van der Waals surface area contributed by atoms with Crippen LogP contribution in [0, 0.1) is 5.92 Å². The number of carbonyl (C=O) groups is 2. The Morgan fingerprint density at radius 3 is 2.78 bits per heavy atom. The second-order valence-corrected chi connectivity index (χ2v) is 4.22. The fraction of sp³-hybridized carbons (Fsp3) is 0.308. The van der Waals surface area contributed by atoms with Crippen LogP contribution < -0.4 is 0 Å². The molecule has 0 aliphatic rings. The van der Waals surface area contributed by atoms with Crippen molar-refractivity contribution in [3.8, 4) is 0 Å². The Labute approximate surface area is 104 Å². The highest BCUT2D eigenvalue weighted by molar-refractivity contribution is 6.09. The molecule has 0 radical (unpaired) electrons. The van der Waals surface area contributed by atoms with Crippen LogP contribution in [0.15, 0.2) is 24.5 Å². The second-order valence-electron chi connectivity index (χ2n) is 4.22. The molecule has 1 N–H and O–H groups in total. The van der Waals surface area contributed by atoms with Crippen LogP contribution in [0.1, 0.15) is 23.7 Å². The van der Waals surface area contributed by atoms with Crippen LogP contribution in [0.25, 0.3) is 11.0 Å². The zero-order chi connectivity index (χ0) is 13.3. The van der Waals surface area contributed by atoms with E-state index in [2.05, 4.69) is 4.98 Å². The van der Waals surface area contributed by atoms with Gasteiger partial charge < -0.3 is 9.67 Å². The largest absolute Gasteiger partial charge is 0.481 e. The molecule has 0 bridgehead atoms. The Balaban J connectivity index is 2.41. The first-order chi connectivity index (χ1) is 8.54. The number of aliphatic carboxylic acids is 1. The van der Waals surface area contributed by atoms with Crippen LogP contribution in [-0.2, 0) is 11.8 Å². The molecule has 0 amide bonds. The molecular weight excluding hydrogens is 232 g/mol. The van der Waals surface area contributed by atoms with Crippen molar-refractivity contribution in [3.63, 3.8) is 0 Å². The van der Waals surface area contributed by atoms with E-state index < -0.39 is 11.9 Å². The van der Waals surface area contributed by atoms with Gasteiger partial charge in [-0.2, -0.15) is 0 Å². The first-order valence-electron chi connectivity index (χ1n) is 5.72. The molecule has 2 aromatic rings. The second kappa shape index (κ2) is 4.60. The predicted molar refractivity (Wildman–Crippen MR) is 66.5 cm³/mol. The van der Waals surface area contributed by atoms with Gasteiger partial charge in [0, 0.05) is 12.6 Å². The molecule has 5 nitrogen and oxygen atoms in total. The van der Waals surface area contributed by atoms with E-state index in [9.17, 15) is 9.59 Å². The summed E-state index contributed by atoms with van der Waals surface area (Å²) in [5.74, 6) is -2.42. The van der Waals surface area contributed by atoms with Crippen molar-refractivity contribution in [2.24, 2.45) is 13.0 Å². The SMILES string of the molecule is CCC(C(=O)O)C(=O)c1ccc2c(c1)ncn2C. The number of carbonyl (C=O) groups excluding carboxylic acids is 1. The van der Waals surface area contributed by atoms with Gasteiger partial charge >= 0.3 is 5.97 Å². The highest BCUT2D eigenvalue weighted by Crippen LogP contribution is 2.18. The van der Waals surface area contributed by atoms with Crippen molar-refractivity contribution in [3.05, 3.63) is 30.1 Å². The van der Waals surface area contributed by atoms with E-state index in [4.69, 9.17) is 5.11 Å². The van der Waals surface area contributed by atoms with Crippen LogP contribution in [0.5, 0.6) is 0 Å². The minimum absolute atomic E-state index is 0.286. The van der Waals surface area contributed by atoms with Crippen LogP contribution in [0.2, 0.25) is 0 Å². The van der Waals surface area contributed by atoms with Gasteiger partial charge in [-0.3, -0.25) is 9.59 Å². The molecule has 1 aromatic heterocycles. The number of carboxylic acid groups (broad SMARTS) is 1. The number of ketones is 1. The molecule has 5 heteroatoms. The molecule has 0 saturated carbocycles. The summed E-state index contributed by atoms with van der Waals surface area (Å²) in [6.07, 6.45) is 1.95. The number of carboxylic acids is 1. The van der Waals surface area contributed by atoms with E-state index in [0.717, 1.165) is 5.52 Å². The summed E-state index contributed by atoms with van der Waals surface area (Å²) >= 11 is 0. The van der Waals surface area contributed by atoms with Gasteiger partial charge in [-0.15, -0.1) is 0 Å². The zero-order valence-corrected chi connectivity index (χ0v) is 10.3. The fourth-order valence-electron chi connectivity index (χ4n) is 1.96. The van der Waals surface area contributed by atoms with Crippen LogP contribution in [0.3, 0.4) is 0 Å². The molecule has 1 atom stereocenters. The lowest BCUT2D eigenvalue weighted by Gasteiger charge is -2.08. The smallest absolute Gasteiger partial charge is 0.314 e. The van der Waals surface area contributed by atoms with Crippen LogP contribution in [-0.4, -0.2) is 26.4 Å². The number of benzene rings is 1. The van der Waals surface area contributed by atoms with E-state index in [1.54, 1.807) is 31.5 Å². The van der Waals surface area contributed by atoms with Crippen molar-refractivity contribution >= 4 is 22.8 Å². The molecule has 1 unspecified atom stereocenters. The summed E-state index contributed by atoms with van der Waals surface area (Å²) in [7, 11) is 1.86. The number of nitrogens with zero attached hydrogens (tertiary/aromatic N) is 2. The number of Topliss-reactive ketones (excluding diaryl/α,β-unsaturated/α-hetero) is 1. The molecule has 0 saturated heterocycles. The monoisotopic (exact) mass is 246 g/mol. The molecular formula is C13H14N2O3. The predicted octanol–water partition coefficient (Wildman–Crippen LogP) is 1.87. The maximum absolute atomic E-state index is 12.1. The standard InChI is InChI=1S/C13H14N2O3/c1-3-9(13(17)18)12(16)8-4-5-11-10(6-8)14-7-15(11)2/h4-7,9H,3H2,1-2H3,(H,17,18). The minimum atomic E-state index is -1.08. The molecule has 0 aliphatic heterocycles. The number of hydrogen-bond donors (Lipinski definition) is 1. The number of aryl methyl sites for hydroxylation is 1. The van der Waals surface area contributed by atoms with E-state index in [1.807, 2.05) is 11.6 Å². The van der Waals surface area contributed by atoms with E-state index >= 15 is 0 Å². The Hall–Kier alpha value is -2.17. The van der Waals surface area contributed by atoms with E-state index in [0.29, 0.717) is 11.1 Å². The maximum atomic E-state index is 12.1. The Morgan fingerprint density at radius 1 is 1.44 bits per heavy atom. The maximum Gasteiger partial charge on any atom is 0.314 e. The van der Waals surface area contributed by atoms with Gasteiger partial charge in [-0.1, -0.05) is 6.92 Å². The topological polar surface area (TPSA) is 72.2 Å². The van der Waals surface area contributed by atoms with E-state index in [-0.39, 0.29) is 12.2 Å². The van der Waals surface area contributed by atoms with Gasteiger partial charge in [-0.25, -0.2) is 4.98 Å². The quantitative estimate of drug-likeness (QED) is 0.660. The zero-order valence-electron chi connectivity index (χ0n) is 10.3. The fourth-order valence-corrected chi connectivity index (χ4v) is 1.96. The Kier molecular flexibility index (Phi) is 3.14. The number of aromatic nitrogens is 2. The highest BCUT2D eigenvalue weighted by atomic mass is 16.4. The molecule has 2 rings (SSSR count). The lowest BCUT2D eigenvalue weighted by Crippen LogP contribution is -2.23. The average molecular weight is 246 g/mol. The molecule has 1 aromatic carbocycles. The van der Waals surface area contributed by atoms with Crippen LogP contribution >= 0.6 is 0 Å². The van der Waals surface area contributed by atoms with Crippen molar-refractivity contribution in [2.75, 3.05) is 0 Å². The van der Waals surface area contributed by atoms with Gasteiger partial charge in [-0.05, 0) is 24.6 Å². The molecule has 18 heavy (non-hydrogen) atoms. The summed E-state index contributed by atoms with van der Waals surface area (Å²) in [4.78, 5) is 27.2. The number of imidazole rings is 1. The third kappa shape index (κ3) is 1.99. The average Bonchev–Trinajstić information content (AvgIpc) is 2.71. The third-order valence-corrected chi connectivity index (χ3v) is 3.03. The summed E-state index contributed by atoms with van der Waals surface area (Å²) < 4.78 is 1.85. The van der Waals surface area contributed by atoms with Gasteiger partial charge in [0.2, 0.25) is 0 Å². The Bertz CT molecular complexity index is 616. The van der Waals surface area contributed by atoms with Crippen molar-refractivity contribution in [1.82, 2.24) is 9.55 Å². The Morgan fingerprint density at radius 2 is 2.17 bits per heavy atom. The molecule has 0 aliphatic carbocycles. The third-order valence-electron chi connectivity index (χ3n) is 3.03. The number of fused-ring (bicyclic) bond motifs is 1. The summed E-state index contributed by atoms with van der Waals surface area (Å²) in [6.45, 7) is 1.69. The first kappa shape index (κ1) is 12.3. The molecule has 0 spiro atoms. The summed E-state index contributed by atoms with van der Waals surface area (Å²) in [5, 5.41) is 8.98. The van der Waals surface area contributed by atoms with Crippen LogP contribution in [0.4, 0.5) is 0 Å². The van der Waals surface area contributed by atoms with Crippen molar-refractivity contribution < 1.29 is 14.7 Å². The minimum Gasteiger partial charge on any atom is -0.481 e. The lowest BCUT2D eigenvalue weighted by atomic mass is 9.95. The molecule has 94 valence electrons. The molecule has 1 heterocycles. The number of hydrogen-bond acceptors (Lipinski definition) is 3. The van der Waals surface area contributed by atoms with E-state index in [1.165, 1.54) is 0 Å². The summed E-state index contributed by atoms with van der Waals surface area (Å²) in [6, 6.07) is 5.07. The first-order valence-corrected chi connectivity index (χ1v) is 5.72. The lowest BCUT2D eigenvalue weighted by molar-refractivity contribution is -0.140. The van der Waals surface area contributed by atoms with Gasteiger partial charge in [0.15, 0.2) is 5.78 Å². The highest BCUT2D eigenvalue weighted by Gasteiger charge is 2.25. The van der Waals surface area contributed by atoms with Gasteiger partial charge in [0.05, 0.1) is 17.4 Å². The van der Waals surface area contributed by atoms with Gasteiger partial charge in [0.25, 0.3) is 0 Å². The van der Waals surface area contributed by atoms with Gasteiger partial charge in [0.1, 0.15) is 5.92 Å².